The van der Waals surface area contributed by atoms with E-state index in [0.717, 1.165) is 12.1 Å². The second-order valence-corrected chi connectivity index (χ2v) is 9.42. The maximum atomic E-state index is 13.7. The molecule has 182 valence electrons. The van der Waals surface area contributed by atoms with E-state index in [-0.39, 0.29) is 11.3 Å². The number of hydrogen-bond acceptors (Lipinski definition) is 7. The smallest absolute Gasteiger partial charge is 0.194 e. The molecule has 0 saturated carbocycles. The van der Waals surface area contributed by atoms with Gasteiger partial charge in [0.1, 0.15) is 35.5 Å². The molecule has 0 bridgehead atoms. The van der Waals surface area contributed by atoms with E-state index in [1.54, 1.807) is 18.2 Å². The fraction of sp³-hybridized carbons (Fsp3) is 0.333. The first kappa shape index (κ1) is 25.2. The number of hydrogen-bond donors (Lipinski definition) is 2. The number of rotatable bonds is 6. The van der Waals surface area contributed by atoms with Crippen LogP contribution in [-0.2, 0) is 9.47 Å². The van der Waals surface area contributed by atoms with Crippen molar-refractivity contribution in [2.24, 2.45) is 0 Å². The molecule has 2 aromatic carbocycles. The fourth-order valence-corrected chi connectivity index (χ4v) is 5.22. The highest BCUT2D eigenvalue weighted by Gasteiger charge is 2.47. The first-order valence-corrected chi connectivity index (χ1v) is 11.5. The molecule has 0 radical (unpaired) electrons. The minimum absolute atomic E-state index is 0.0422. The van der Waals surface area contributed by atoms with Gasteiger partial charge in [-0.3, -0.25) is 0 Å². The average Bonchev–Trinajstić information content (AvgIpc) is 3.30. The predicted octanol–water partition coefficient (Wildman–Crippen LogP) is 4.10. The SMILES string of the molecule is COC1C(n2cc(-c3cc(F)c(F)c(F)c3)nn2)[C@@H](O)C(CO)O[C@@H]1Sc1ccc(Cl)c(Cl)c1. The number of thioether (sulfide) groups is 1. The van der Waals surface area contributed by atoms with Crippen LogP contribution in [-0.4, -0.2) is 62.7 Å². The Kier molecular flexibility index (Phi) is 7.72. The van der Waals surface area contributed by atoms with Crippen LogP contribution < -0.4 is 0 Å². The molecule has 13 heteroatoms. The van der Waals surface area contributed by atoms with Gasteiger partial charge in [0, 0.05) is 17.6 Å². The Morgan fingerprint density at radius 3 is 2.47 bits per heavy atom. The zero-order valence-corrected chi connectivity index (χ0v) is 19.7. The standard InChI is InChI=1S/C21H18Cl2F3N3O4S/c1-32-20-18(29-7-15(27-28-29)9-4-13(24)17(26)14(25)5-9)19(31)16(8-30)33-21(20)34-10-2-3-11(22)12(23)6-10/h2-7,16,18-21,30-31H,8H2,1H3/t16?,18?,19-,20?,21+/m0/s1. The Bertz CT molecular complexity index is 1160. The number of benzene rings is 2. The van der Waals surface area contributed by atoms with Gasteiger partial charge >= 0.3 is 0 Å². The van der Waals surface area contributed by atoms with Crippen LogP contribution in [0.5, 0.6) is 0 Å². The molecule has 0 amide bonds. The molecule has 1 fully saturated rings. The van der Waals surface area contributed by atoms with Crippen LogP contribution in [0.1, 0.15) is 6.04 Å². The Morgan fingerprint density at radius 1 is 1.15 bits per heavy atom. The molecule has 1 saturated heterocycles. The lowest BCUT2D eigenvalue weighted by molar-refractivity contribution is -0.186. The Labute approximate surface area is 206 Å². The van der Waals surface area contributed by atoms with Gasteiger partial charge in [0.05, 0.1) is 22.8 Å². The fourth-order valence-electron chi connectivity index (χ4n) is 3.65. The average molecular weight is 536 g/mol. The second kappa shape index (κ2) is 10.4. The number of ether oxygens (including phenoxy) is 2. The lowest BCUT2D eigenvalue weighted by Gasteiger charge is -2.43. The van der Waals surface area contributed by atoms with Crippen LogP contribution in [0.25, 0.3) is 11.3 Å². The first-order chi connectivity index (χ1) is 16.2. The van der Waals surface area contributed by atoms with Gasteiger partial charge in [0.2, 0.25) is 0 Å². The summed E-state index contributed by atoms with van der Waals surface area (Å²) in [5.74, 6) is -4.34. The lowest BCUT2D eigenvalue weighted by atomic mass is 9.97. The highest BCUT2D eigenvalue weighted by atomic mass is 35.5. The van der Waals surface area contributed by atoms with E-state index in [9.17, 15) is 23.4 Å². The van der Waals surface area contributed by atoms with Crippen molar-refractivity contribution in [1.82, 2.24) is 15.0 Å². The molecule has 2 N–H and O–H groups in total. The summed E-state index contributed by atoms with van der Waals surface area (Å²) in [6.45, 7) is -0.498. The lowest BCUT2D eigenvalue weighted by Crippen LogP contribution is -2.55. The normalized spacial score (nSPS) is 25.0. The van der Waals surface area contributed by atoms with Crippen molar-refractivity contribution >= 4 is 35.0 Å². The number of aliphatic hydroxyl groups is 2. The Morgan fingerprint density at radius 2 is 1.85 bits per heavy atom. The minimum Gasteiger partial charge on any atom is -0.394 e. The van der Waals surface area contributed by atoms with Crippen LogP contribution >= 0.6 is 35.0 Å². The maximum Gasteiger partial charge on any atom is 0.194 e. The molecular weight excluding hydrogens is 518 g/mol. The molecule has 34 heavy (non-hydrogen) atoms. The summed E-state index contributed by atoms with van der Waals surface area (Å²) in [4.78, 5) is 0.699. The van der Waals surface area contributed by atoms with E-state index in [1.807, 2.05) is 0 Å². The molecule has 3 unspecified atom stereocenters. The van der Waals surface area contributed by atoms with Gasteiger partial charge in [-0.15, -0.1) is 5.10 Å². The third-order valence-corrected chi connectivity index (χ3v) is 7.21. The van der Waals surface area contributed by atoms with Gasteiger partial charge in [-0.1, -0.05) is 40.2 Å². The molecule has 1 aromatic heterocycles. The van der Waals surface area contributed by atoms with Crippen LogP contribution in [0.15, 0.2) is 41.4 Å². The summed E-state index contributed by atoms with van der Waals surface area (Å²) in [5, 5.41) is 29.3. The molecule has 0 aliphatic carbocycles. The number of nitrogens with zero attached hydrogens (tertiary/aromatic N) is 3. The highest BCUT2D eigenvalue weighted by Crippen LogP contribution is 2.40. The van der Waals surface area contributed by atoms with Gasteiger partial charge in [0.15, 0.2) is 17.5 Å². The molecule has 5 atom stereocenters. The summed E-state index contributed by atoms with van der Waals surface area (Å²) >= 11 is 13.3. The van der Waals surface area contributed by atoms with Gasteiger partial charge in [0.25, 0.3) is 0 Å². The van der Waals surface area contributed by atoms with Crippen molar-refractivity contribution < 1.29 is 32.9 Å². The van der Waals surface area contributed by atoms with E-state index in [0.29, 0.717) is 14.9 Å². The largest absolute Gasteiger partial charge is 0.394 e. The summed E-state index contributed by atoms with van der Waals surface area (Å²) in [5.41, 5.74) is -0.722. The van der Waals surface area contributed by atoms with Crippen LogP contribution in [0.3, 0.4) is 0 Å². The van der Waals surface area contributed by atoms with E-state index in [4.69, 9.17) is 32.7 Å². The van der Waals surface area contributed by atoms with E-state index in [1.165, 1.54) is 29.8 Å². The van der Waals surface area contributed by atoms with Crippen molar-refractivity contribution in [3.63, 3.8) is 0 Å². The van der Waals surface area contributed by atoms with E-state index in [2.05, 4.69) is 10.3 Å². The first-order valence-electron chi connectivity index (χ1n) is 9.89. The second-order valence-electron chi connectivity index (χ2n) is 7.44. The van der Waals surface area contributed by atoms with Crippen molar-refractivity contribution in [1.29, 1.82) is 0 Å². The third kappa shape index (κ3) is 4.92. The van der Waals surface area contributed by atoms with Gasteiger partial charge in [-0.25, -0.2) is 17.9 Å². The minimum atomic E-state index is -1.59. The van der Waals surface area contributed by atoms with Crippen molar-refractivity contribution in [3.05, 3.63) is 64.0 Å². The zero-order valence-electron chi connectivity index (χ0n) is 17.4. The number of aliphatic hydroxyl groups excluding tert-OH is 2. The zero-order chi connectivity index (χ0) is 24.6. The Hall–Kier alpha value is -1.86. The van der Waals surface area contributed by atoms with Gasteiger partial charge in [-0.05, 0) is 30.3 Å². The monoisotopic (exact) mass is 535 g/mol. The number of aromatic nitrogens is 3. The van der Waals surface area contributed by atoms with E-state index < -0.39 is 53.8 Å². The molecule has 2 heterocycles. The van der Waals surface area contributed by atoms with Crippen molar-refractivity contribution in [3.8, 4) is 11.3 Å². The molecule has 1 aliphatic heterocycles. The number of halogens is 5. The van der Waals surface area contributed by atoms with Gasteiger partial charge in [-0.2, -0.15) is 0 Å². The quantitative estimate of drug-likeness (QED) is 0.459. The summed E-state index contributed by atoms with van der Waals surface area (Å²) in [6, 6.07) is 5.68. The number of methoxy groups -OCH3 is 1. The van der Waals surface area contributed by atoms with Crippen molar-refractivity contribution in [2.75, 3.05) is 13.7 Å². The summed E-state index contributed by atoms with van der Waals surface area (Å²) in [6.07, 6.45) is -1.72. The van der Waals surface area contributed by atoms with Gasteiger partial charge < -0.3 is 19.7 Å². The summed E-state index contributed by atoms with van der Waals surface area (Å²) < 4.78 is 53.4. The van der Waals surface area contributed by atoms with Crippen LogP contribution in [0, 0.1) is 17.5 Å². The molecule has 3 aromatic rings. The topological polar surface area (TPSA) is 89.6 Å². The Balaban J connectivity index is 1.67. The highest BCUT2D eigenvalue weighted by molar-refractivity contribution is 7.99. The molecular formula is C21H18Cl2F3N3O4S. The van der Waals surface area contributed by atoms with Crippen LogP contribution in [0.4, 0.5) is 13.2 Å². The third-order valence-electron chi connectivity index (χ3n) is 5.34. The predicted molar refractivity (Wildman–Crippen MR) is 119 cm³/mol. The molecule has 7 nitrogen and oxygen atoms in total. The van der Waals surface area contributed by atoms with E-state index >= 15 is 0 Å². The molecule has 1 aliphatic rings. The van der Waals surface area contributed by atoms with Crippen molar-refractivity contribution in [2.45, 2.75) is 34.7 Å². The molecule has 0 spiro atoms. The molecule has 4 rings (SSSR count). The van der Waals surface area contributed by atoms with Crippen LogP contribution in [0.2, 0.25) is 10.0 Å². The maximum absolute atomic E-state index is 13.7. The summed E-state index contributed by atoms with van der Waals surface area (Å²) in [7, 11) is 1.41.